The Hall–Kier alpha value is -3.15. The lowest BCUT2D eigenvalue weighted by Gasteiger charge is -2.16. The number of fused-ring (bicyclic) bond motifs is 1. The van der Waals surface area contributed by atoms with Crippen LogP contribution in [0.15, 0.2) is 48.5 Å². The number of carbonyl (C=O) groups is 2. The van der Waals surface area contributed by atoms with Gasteiger partial charge in [0.25, 0.3) is 0 Å². The van der Waals surface area contributed by atoms with Crippen LogP contribution in [0.1, 0.15) is 18.9 Å². The van der Waals surface area contributed by atoms with Crippen LogP contribution >= 0.6 is 0 Å². The third-order valence-corrected chi connectivity index (χ3v) is 5.80. The van der Waals surface area contributed by atoms with Crippen LogP contribution in [0.2, 0.25) is 0 Å². The molecule has 2 N–H and O–H groups in total. The first-order valence-corrected chi connectivity index (χ1v) is 9.80. The molecule has 6 heteroatoms. The lowest BCUT2D eigenvalue weighted by molar-refractivity contribution is -0.142. The zero-order valence-electron chi connectivity index (χ0n) is 16.2. The minimum absolute atomic E-state index is 0.0569. The second-order valence-electron chi connectivity index (χ2n) is 7.76. The van der Waals surface area contributed by atoms with Crippen LogP contribution in [0.5, 0.6) is 0 Å². The van der Waals surface area contributed by atoms with Gasteiger partial charge in [0, 0.05) is 36.1 Å². The molecule has 4 rings (SSSR count). The van der Waals surface area contributed by atoms with Gasteiger partial charge >= 0.3 is 5.97 Å². The van der Waals surface area contributed by atoms with Crippen molar-refractivity contribution in [3.8, 4) is 11.3 Å². The standard InChI is InChI=1S/C23H23FN2O3/c1-14-12-26(13-19(14)23(28)29)21(27)10-8-17-18-11-16(24)7-9-20(18)25-22(17)15-5-3-2-4-6-15/h2-7,9,11,14,19,25H,8,10,12-13H2,1H3,(H,28,29)/t14-,19-/m1/s1. The number of benzene rings is 2. The summed E-state index contributed by atoms with van der Waals surface area (Å²) in [6.07, 6.45) is 0.706. The van der Waals surface area contributed by atoms with Crippen molar-refractivity contribution in [3.05, 3.63) is 59.9 Å². The molecule has 0 aliphatic carbocycles. The molecule has 0 radical (unpaired) electrons. The molecule has 1 aliphatic heterocycles. The minimum atomic E-state index is -0.855. The molecule has 1 aliphatic rings. The maximum absolute atomic E-state index is 13.9. The normalized spacial score (nSPS) is 19.0. The first-order valence-electron chi connectivity index (χ1n) is 9.80. The Labute approximate surface area is 168 Å². The van der Waals surface area contributed by atoms with Crippen molar-refractivity contribution in [3.63, 3.8) is 0 Å². The van der Waals surface area contributed by atoms with Crippen LogP contribution in [0.25, 0.3) is 22.2 Å². The number of nitrogens with zero attached hydrogens (tertiary/aromatic N) is 1. The summed E-state index contributed by atoms with van der Waals surface area (Å²) < 4.78 is 13.9. The molecule has 0 bridgehead atoms. The van der Waals surface area contributed by atoms with Crippen molar-refractivity contribution in [1.82, 2.24) is 9.88 Å². The number of amides is 1. The average Bonchev–Trinajstić information content (AvgIpc) is 3.27. The summed E-state index contributed by atoms with van der Waals surface area (Å²) in [6.45, 7) is 2.58. The Morgan fingerprint density at radius 2 is 1.93 bits per heavy atom. The van der Waals surface area contributed by atoms with E-state index in [9.17, 15) is 19.1 Å². The molecule has 0 saturated carbocycles. The zero-order chi connectivity index (χ0) is 20.5. The van der Waals surface area contributed by atoms with E-state index in [0.717, 1.165) is 27.7 Å². The molecule has 3 aromatic rings. The predicted molar refractivity (Wildman–Crippen MR) is 109 cm³/mol. The summed E-state index contributed by atoms with van der Waals surface area (Å²) >= 11 is 0. The van der Waals surface area contributed by atoms with Gasteiger partial charge in [-0.1, -0.05) is 37.3 Å². The Morgan fingerprint density at radius 3 is 2.62 bits per heavy atom. The molecular formula is C23H23FN2O3. The minimum Gasteiger partial charge on any atom is -0.481 e. The second kappa shape index (κ2) is 7.70. The van der Waals surface area contributed by atoms with Gasteiger partial charge in [-0.3, -0.25) is 9.59 Å². The third kappa shape index (κ3) is 3.75. The quantitative estimate of drug-likeness (QED) is 0.685. The number of halogens is 1. The Balaban J connectivity index is 1.60. The van der Waals surface area contributed by atoms with Gasteiger partial charge in [0.05, 0.1) is 5.92 Å². The summed E-state index contributed by atoms with van der Waals surface area (Å²) in [5.74, 6) is -1.81. The van der Waals surface area contributed by atoms with E-state index in [0.29, 0.717) is 13.0 Å². The molecule has 1 fully saturated rings. The Morgan fingerprint density at radius 1 is 1.17 bits per heavy atom. The van der Waals surface area contributed by atoms with Gasteiger partial charge in [0.1, 0.15) is 5.82 Å². The summed E-state index contributed by atoms with van der Waals surface area (Å²) in [7, 11) is 0. The smallest absolute Gasteiger partial charge is 0.308 e. The van der Waals surface area contributed by atoms with Crippen LogP contribution in [0.3, 0.4) is 0 Å². The number of carbonyl (C=O) groups excluding carboxylic acids is 1. The predicted octanol–water partition coefficient (Wildman–Crippen LogP) is 4.09. The van der Waals surface area contributed by atoms with Crippen molar-refractivity contribution in [2.24, 2.45) is 11.8 Å². The number of aliphatic carboxylic acids is 1. The molecule has 1 aromatic heterocycles. The van der Waals surface area contributed by atoms with Crippen molar-refractivity contribution >= 4 is 22.8 Å². The molecule has 150 valence electrons. The zero-order valence-corrected chi connectivity index (χ0v) is 16.2. The SMILES string of the molecule is C[C@@H]1CN(C(=O)CCc2c(-c3ccccc3)[nH]c3ccc(F)cc23)C[C@H]1C(=O)O. The number of aryl methyl sites for hydroxylation is 1. The third-order valence-electron chi connectivity index (χ3n) is 5.80. The first-order chi connectivity index (χ1) is 13.9. The van der Waals surface area contributed by atoms with Gasteiger partial charge in [-0.15, -0.1) is 0 Å². The lowest BCUT2D eigenvalue weighted by Crippen LogP contribution is -2.30. The number of aromatic nitrogens is 1. The van der Waals surface area contributed by atoms with E-state index in [4.69, 9.17) is 0 Å². The van der Waals surface area contributed by atoms with Gasteiger partial charge < -0.3 is 15.0 Å². The number of aromatic amines is 1. The molecular weight excluding hydrogens is 371 g/mol. The molecule has 2 aromatic carbocycles. The molecule has 0 spiro atoms. The second-order valence-corrected chi connectivity index (χ2v) is 7.76. The highest BCUT2D eigenvalue weighted by Gasteiger charge is 2.36. The van der Waals surface area contributed by atoms with E-state index in [1.807, 2.05) is 37.3 Å². The maximum Gasteiger partial charge on any atom is 0.308 e. The van der Waals surface area contributed by atoms with Crippen LogP contribution < -0.4 is 0 Å². The van der Waals surface area contributed by atoms with Crippen molar-refractivity contribution < 1.29 is 19.1 Å². The number of hydrogen-bond donors (Lipinski definition) is 2. The molecule has 5 nitrogen and oxygen atoms in total. The summed E-state index contributed by atoms with van der Waals surface area (Å²) in [6, 6.07) is 14.4. The van der Waals surface area contributed by atoms with Gasteiger partial charge in [0.2, 0.25) is 5.91 Å². The van der Waals surface area contributed by atoms with E-state index >= 15 is 0 Å². The van der Waals surface area contributed by atoms with Crippen molar-refractivity contribution in [1.29, 1.82) is 0 Å². The first kappa shape index (κ1) is 19.2. The highest BCUT2D eigenvalue weighted by Crippen LogP contribution is 2.32. The number of H-pyrrole nitrogens is 1. The maximum atomic E-state index is 13.9. The van der Waals surface area contributed by atoms with E-state index in [2.05, 4.69) is 4.98 Å². The van der Waals surface area contributed by atoms with Gasteiger partial charge in [-0.25, -0.2) is 4.39 Å². The number of likely N-dealkylation sites (tertiary alicyclic amines) is 1. The number of hydrogen-bond acceptors (Lipinski definition) is 2. The number of rotatable bonds is 5. The molecule has 2 atom stereocenters. The monoisotopic (exact) mass is 394 g/mol. The topological polar surface area (TPSA) is 73.4 Å². The fourth-order valence-corrected chi connectivity index (χ4v) is 4.21. The van der Waals surface area contributed by atoms with Gasteiger partial charge in [-0.05, 0) is 41.7 Å². The van der Waals surface area contributed by atoms with Crippen molar-refractivity contribution in [2.45, 2.75) is 19.8 Å². The Bertz CT molecular complexity index is 1060. The summed E-state index contributed by atoms with van der Waals surface area (Å²) in [5.41, 5.74) is 3.60. The van der Waals surface area contributed by atoms with Gasteiger partial charge in [-0.2, -0.15) is 0 Å². The Kier molecular flexibility index (Phi) is 5.09. The van der Waals surface area contributed by atoms with Crippen LogP contribution in [0.4, 0.5) is 4.39 Å². The van der Waals surface area contributed by atoms with Crippen LogP contribution in [-0.2, 0) is 16.0 Å². The molecule has 1 saturated heterocycles. The fourth-order valence-electron chi connectivity index (χ4n) is 4.21. The van der Waals surface area contributed by atoms with E-state index in [1.54, 1.807) is 11.0 Å². The van der Waals surface area contributed by atoms with Crippen LogP contribution in [-0.4, -0.2) is 40.0 Å². The average molecular weight is 394 g/mol. The fraction of sp³-hybridized carbons (Fsp3) is 0.304. The largest absolute Gasteiger partial charge is 0.481 e. The van der Waals surface area contributed by atoms with E-state index < -0.39 is 11.9 Å². The van der Waals surface area contributed by atoms with Gasteiger partial charge in [0.15, 0.2) is 0 Å². The molecule has 0 unspecified atom stereocenters. The van der Waals surface area contributed by atoms with Crippen LogP contribution in [0, 0.1) is 17.7 Å². The lowest BCUT2D eigenvalue weighted by atomic mass is 9.99. The molecule has 1 amide bonds. The van der Waals surface area contributed by atoms with Crippen molar-refractivity contribution in [2.75, 3.05) is 13.1 Å². The molecule has 29 heavy (non-hydrogen) atoms. The number of carboxylic acid groups (broad SMARTS) is 1. The van der Waals surface area contributed by atoms with E-state index in [1.165, 1.54) is 12.1 Å². The summed E-state index contributed by atoms with van der Waals surface area (Å²) in [4.78, 5) is 29.1. The highest BCUT2D eigenvalue weighted by molar-refractivity contribution is 5.91. The molecule has 2 heterocycles. The van der Waals surface area contributed by atoms with E-state index in [-0.39, 0.29) is 30.6 Å². The number of carboxylic acids is 1. The number of nitrogens with one attached hydrogen (secondary N) is 1. The summed E-state index contributed by atoms with van der Waals surface area (Å²) in [5, 5.41) is 10.1. The highest BCUT2D eigenvalue weighted by atomic mass is 19.1.